The van der Waals surface area contributed by atoms with Crippen LogP contribution in [0, 0.1) is 4.84 Å². The van der Waals surface area contributed by atoms with Gasteiger partial charge in [-0.25, -0.2) is 4.68 Å². The number of benzene rings is 1. The van der Waals surface area contributed by atoms with Crippen LogP contribution in [0.25, 0.3) is 11.5 Å². The minimum absolute atomic E-state index is 0.302. The lowest BCUT2D eigenvalue weighted by molar-refractivity contribution is 0.534. The van der Waals surface area contributed by atoms with Gasteiger partial charge in [0.25, 0.3) is 4.84 Å². The van der Waals surface area contributed by atoms with Crippen LogP contribution in [0.2, 0.25) is 10.0 Å². The van der Waals surface area contributed by atoms with Crippen molar-refractivity contribution in [1.82, 2.24) is 9.78 Å². The smallest absolute Gasteiger partial charge is 0.287 e. The number of hydrogen-bond donors (Lipinski definition) is 0. The molecular formula is C9H6Cl2N2OS. The zero-order chi connectivity index (χ0) is 11.0. The van der Waals surface area contributed by atoms with Crippen LogP contribution in [0.4, 0.5) is 0 Å². The predicted molar refractivity (Wildman–Crippen MR) is 61.8 cm³/mol. The van der Waals surface area contributed by atoms with E-state index in [2.05, 4.69) is 5.10 Å². The summed E-state index contributed by atoms with van der Waals surface area (Å²) in [6.45, 7) is 0. The fourth-order valence-electron chi connectivity index (χ4n) is 1.12. The third-order valence-corrected chi connectivity index (χ3v) is 2.75. The highest BCUT2D eigenvalue weighted by molar-refractivity contribution is 7.71. The van der Waals surface area contributed by atoms with Crippen LogP contribution in [0.3, 0.4) is 0 Å². The summed E-state index contributed by atoms with van der Waals surface area (Å²) in [6.07, 6.45) is 0. The molecular weight excluding hydrogens is 255 g/mol. The molecule has 0 atom stereocenters. The molecule has 0 radical (unpaired) electrons. The van der Waals surface area contributed by atoms with Gasteiger partial charge >= 0.3 is 0 Å². The van der Waals surface area contributed by atoms with Crippen LogP contribution in [0.5, 0.6) is 0 Å². The summed E-state index contributed by atoms with van der Waals surface area (Å²) < 4.78 is 6.73. The quantitative estimate of drug-likeness (QED) is 0.733. The highest BCUT2D eigenvalue weighted by Gasteiger charge is 2.10. The van der Waals surface area contributed by atoms with E-state index < -0.39 is 0 Å². The van der Waals surface area contributed by atoms with E-state index in [1.807, 2.05) is 0 Å². The van der Waals surface area contributed by atoms with E-state index >= 15 is 0 Å². The van der Waals surface area contributed by atoms with E-state index in [4.69, 9.17) is 39.8 Å². The van der Waals surface area contributed by atoms with E-state index in [1.54, 1.807) is 25.2 Å². The summed E-state index contributed by atoms with van der Waals surface area (Å²) >= 11 is 16.7. The van der Waals surface area contributed by atoms with E-state index in [1.165, 1.54) is 4.68 Å². The van der Waals surface area contributed by atoms with Crippen molar-refractivity contribution in [3.8, 4) is 11.5 Å². The third-order valence-electron chi connectivity index (χ3n) is 1.85. The molecule has 0 aliphatic carbocycles. The highest BCUT2D eigenvalue weighted by atomic mass is 35.5. The maximum Gasteiger partial charge on any atom is 0.287 e. The molecule has 2 aromatic rings. The summed E-state index contributed by atoms with van der Waals surface area (Å²) in [6, 6.07) is 5.09. The average molecular weight is 261 g/mol. The van der Waals surface area contributed by atoms with Crippen LogP contribution in [-0.4, -0.2) is 9.78 Å². The van der Waals surface area contributed by atoms with Crippen LogP contribution in [0.1, 0.15) is 0 Å². The predicted octanol–water partition coefficient (Wildman–Crippen LogP) is 3.72. The summed E-state index contributed by atoms with van der Waals surface area (Å²) in [4.78, 5) is 0.302. The lowest BCUT2D eigenvalue weighted by Crippen LogP contribution is -1.89. The molecule has 3 nitrogen and oxygen atoms in total. The Labute approximate surface area is 101 Å². The molecule has 0 amide bonds. The average Bonchev–Trinajstić information content (AvgIpc) is 2.46. The van der Waals surface area contributed by atoms with Gasteiger partial charge in [0.05, 0.1) is 10.6 Å². The summed E-state index contributed by atoms with van der Waals surface area (Å²) in [5.74, 6) is 0.393. The number of halogens is 2. The SMILES string of the molecule is Cn1nc(-c2ccc(Cl)cc2Cl)oc1=S. The second kappa shape index (κ2) is 3.96. The number of rotatable bonds is 1. The second-order valence-electron chi connectivity index (χ2n) is 2.92. The molecule has 0 fully saturated rings. The Balaban J connectivity index is 2.59. The summed E-state index contributed by atoms with van der Waals surface area (Å²) in [5, 5.41) is 5.14. The minimum atomic E-state index is 0.302. The molecule has 15 heavy (non-hydrogen) atoms. The summed E-state index contributed by atoms with van der Waals surface area (Å²) in [5.41, 5.74) is 0.674. The Bertz CT molecular complexity index is 561. The number of nitrogens with zero attached hydrogens (tertiary/aromatic N) is 2. The van der Waals surface area contributed by atoms with Crippen LogP contribution in [-0.2, 0) is 7.05 Å². The lowest BCUT2D eigenvalue weighted by Gasteiger charge is -1.98. The Morgan fingerprint density at radius 3 is 2.67 bits per heavy atom. The standard InChI is InChI=1S/C9H6Cl2N2OS/c1-13-9(15)14-8(12-13)6-3-2-5(10)4-7(6)11/h2-4H,1H3. The van der Waals surface area contributed by atoms with Crippen molar-refractivity contribution in [3.05, 3.63) is 33.1 Å². The zero-order valence-electron chi connectivity index (χ0n) is 7.70. The molecule has 0 saturated carbocycles. The monoisotopic (exact) mass is 260 g/mol. The van der Waals surface area contributed by atoms with Crippen molar-refractivity contribution in [2.24, 2.45) is 7.05 Å². The van der Waals surface area contributed by atoms with Gasteiger partial charge in [-0.05, 0) is 30.4 Å². The largest absolute Gasteiger partial charge is 0.409 e. The Kier molecular flexibility index (Phi) is 2.82. The van der Waals surface area contributed by atoms with Crippen molar-refractivity contribution >= 4 is 35.4 Å². The minimum Gasteiger partial charge on any atom is -0.409 e. The third kappa shape index (κ3) is 2.07. The topological polar surface area (TPSA) is 31.0 Å². The molecule has 1 aromatic heterocycles. The van der Waals surface area contributed by atoms with Gasteiger partial charge in [-0.2, -0.15) is 0 Å². The molecule has 0 spiro atoms. The normalized spacial score (nSPS) is 10.6. The second-order valence-corrected chi connectivity index (χ2v) is 4.11. The fraction of sp³-hybridized carbons (Fsp3) is 0.111. The van der Waals surface area contributed by atoms with E-state index in [0.29, 0.717) is 26.3 Å². The van der Waals surface area contributed by atoms with Gasteiger partial charge in [-0.1, -0.05) is 23.2 Å². The highest BCUT2D eigenvalue weighted by Crippen LogP contribution is 2.29. The van der Waals surface area contributed by atoms with Crippen molar-refractivity contribution in [1.29, 1.82) is 0 Å². The first-order valence-electron chi connectivity index (χ1n) is 4.07. The van der Waals surface area contributed by atoms with Gasteiger partial charge < -0.3 is 4.42 Å². The fourth-order valence-corrected chi connectivity index (χ4v) is 1.73. The number of aryl methyl sites for hydroxylation is 1. The Morgan fingerprint density at radius 1 is 1.40 bits per heavy atom. The molecule has 0 N–H and O–H groups in total. The molecule has 1 heterocycles. The van der Waals surface area contributed by atoms with Gasteiger partial charge in [0.15, 0.2) is 0 Å². The van der Waals surface area contributed by atoms with E-state index in [0.717, 1.165) is 0 Å². The maximum atomic E-state index is 6.00. The van der Waals surface area contributed by atoms with Gasteiger partial charge in [-0.15, -0.1) is 5.10 Å². The van der Waals surface area contributed by atoms with Crippen LogP contribution >= 0.6 is 35.4 Å². The first kappa shape index (κ1) is 10.7. The molecule has 0 unspecified atom stereocenters. The Morgan fingerprint density at radius 2 is 2.13 bits per heavy atom. The number of aromatic nitrogens is 2. The van der Waals surface area contributed by atoms with Gasteiger partial charge in [-0.3, -0.25) is 0 Å². The Hall–Kier alpha value is -0.840. The molecule has 1 aromatic carbocycles. The van der Waals surface area contributed by atoms with Crippen LogP contribution in [0.15, 0.2) is 22.6 Å². The molecule has 0 saturated heterocycles. The molecule has 2 rings (SSSR count). The van der Waals surface area contributed by atoms with Crippen LogP contribution < -0.4 is 0 Å². The van der Waals surface area contributed by atoms with Crippen molar-refractivity contribution in [2.75, 3.05) is 0 Å². The molecule has 0 aliphatic heterocycles. The molecule has 0 aliphatic rings. The first-order chi connectivity index (χ1) is 7.08. The lowest BCUT2D eigenvalue weighted by atomic mass is 10.2. The zero-order valence-corrected chi connectivity index (χ0v) is 10.0. The van der Waals surface area contributed by atoms with E-state index in [9.17, 15) is 0 Å². The van der Waals surface area contributed by atoms with E-state index in [-0.39, 0.29) is 0 Å². The van der Waals surface area contributed by atoms with Crippen molar-refractivity contribution in [2.45, 2.75) is 0 Å². The van der Waals surface area contributed by atoms with Crippen molar-refractivity contribution < 1.29 is 4.42 Å². The molecule has 6 heteroatoms. The van der Waals surface area contributed by atoms with Gasteiger partial charge in [0, 0.05) is 12.1 Å². The first-order valence-corrected chi connectivity index (χ1v) is 5.24. The molecule has 78 valence electrons. The van der Waals surface area contributed by atoms with Gasteiger partial charge in [0.2, 0.25) is 5.89 Å². The molecule has 0 bridgehead atoms. The summed E-state index contributed by atoms with van der Waals surface area (Å²) in [7, 11) is 1.71. The van der Waals surface area contributed by atoms with Crippen molar-refractivity contribution in [3.63, 3.8) is 0 Å². The van der Waals surface area contributed by atoms with Gasteiger partial charge in [0.1, 0.15) is 0 Å². The maximum absolute atomic E-state index is 6.00. The number of hydrogen-bond acceptors (Lipinski definition) is 3.